The van der Waals surface area contributed by atoms with Gasteiger partial charge in [-0.25, -0.2) is 18.4 Å². The van der Waals surface area contributed by atoms with Crippen LogP contribution in [-0.4, -0.2) is 14.4 Å². The molecule has 0 aromatic heterocycles. The van der Waals surface area contributed by atoms with E-state index in [-0.39, 0.29) is 17.1 Å². The molecule has 0 aliphatic rings. The molecule has 5 nitrogen and oxygen atoms in total. The zero-order valence-corrected chi connectivity index (χ0v) is 14.1. The first-order valence-corrected chi connectivity index (χ1v) is 8.67. The quantitative estimate of drug-likeness (QED) is 0.822. The molecule has 0 heterocycles. The van der Waals surface area contributed by atoms with Gasteiger partial charge >= 0.3 is 5.97 Å². The minimum absolute atomic E-state index is 0.109. The van der Waals surface area contributed by atoms with Crippen LogP contribution in [-0.2, 0) is 21.4 Å². The number of rotatable bonds is 4. The Balaban J connectivity index is 2.21. The van der Waals surface area contributed by atoms with E-state index in [1.54, 1.807) is 0 Å². The molecule has 2 rings (SSSR count). The molecule has 0 aliphatic heterocycles. The van der Waals surface area contributed by atoms with Crippen LogP contribution in [0.4, 0.5) is 0 Å². The van der Waals surface area contributed by atoms with Crippen molar-refractivity contribution in [2.75, 3.05) is 0 Å². The van der Waals surface area contributed by atoms with Gasteiger partial charge in [0.15, 0.2) is 0 Å². The summed E-state index contributed by atoms with van der Waals surface area (Å²) in [6.07, 6.45) is 0. The largest absolute Gasteiger partial charge is 0.457 e. The lowest BCUT2D eigenvalue weighted by Gasteiger charge is -2.09. The fraction of sp³-hybridized carbons (Fsp3) is 0.133. The molecule has 2 aromatic carbocycles. The lowest BCUT2D eigenvalue weighted by molar-refractivity contribution is 0.0470. The maximum absolute atomic E-state index is 12.1. The number of primary sulfonamides is 1. The van der Waals surface area contributed by atoms with Gasteiger partial charge in [-0.2, -0.15) is 0 Å². The molecule has 22 heavy (non-hydrogen) atoms. The van der Waals surface area contributed by atoms with Crippen LogP contribution in [0, 0.1) is 6.92 Å². The first kappa shape index (κ1) is 16.7. The summed E-state index contributed by atoms with van der Waals surface area (Å²) in [4.78, 5) is 12.0. The standard InChI is InChI=1S/C15H14BrNO4S/c1-10-4-2-3-5-11(10)9-21-15(18)13-8-12(22(17,19)20)6-7-14(13)16/h2-8H,9H2,1H3,(H2,17,19,20). The fourth-order valence-corrected chi connectivity index (χ4v) is 2.78. The van der Waals surface area contributed by atoms with Crippen LogP contribution in [0.25, 0.3) is 0 Å². The van der Waals surface area contributed by atoms with Crippen molar-refractivity contribution in [1.82, 2.24) is 0 Å². The summed E-state index contributed by atoms with van der Waals surface area (Å²) in [5.74, 6) is -0.624. The number of ether oxygens (including phenoxy) is 1. The van der Waals surface area contributed by atoms with E-state index < -0.39 is 16.0 Å². The molecule has 0 saturated carbocycles. The molecule has 0 saturated heterocycles. The fourth-order valence-electron chi connectivity index (χ4n) is 1.83. The smallest absolute Gasteiger partial charge is 0.339 e. The van der Waals surface area contributed by atoms with Gasteiger partial charge in [0, 0.05) is 4.47 Å². The third kappa shape index (κ3) is 3.94. The summed E-state index contributed by atoms with van der Waals surface area (Å²) < 4.78 is 28.4. The van der Waals surface area contributed by atoms with Crippen LogP contribution in [0.2, 0.25) is 0 Å². The summed E-state index contributed by atoms with van der Waals surface area (Å²) >= 11 is 3.20. The number of carbonyl (C=O) groups is 1. The molecule has 0 fully saturated rings. The van der Waals surface area contributed by atoms with Crippen LogP contribution < -0.4 is 5.14 Å². The van der Waals surface area contributed by atoms with Crippen molar-refractivity contribution in [3.8, 4) is 0 Å². The van der Waals surface area contributed by atoms with Crippen LogP contribution in [0.15, 0.2) is 51.8 Å². The molecule has 0 bridgehead atoms. The van der Waals surface area contributed by atoms with Crippen LogP contribution in [0.1, 0.15) is 21.5 Å². The topological polar surface area (TPSA) is 86.5 Å². The minimum Gasteiger partial charge on any atom is -0.457 e. The Morgan fingerprint density at radius 1 is 1.23 bits per heavy atom. The van der Waals surface area contributed by atoms with Crippen molar-refractivity contribution in [3.05, 3.63) is 63.6 Å². The van der Waals surface area contributed by atoms with Crippen LogP contribution in [0.5, 0.6) is 0 Å². The highest BCUT2D eigenvalue weighted by atomic mass is 79.9. The zero-order chi connectivity index (χ0) is 16.3. The average molecular weight is 384 g/mol. The first-order valence-electron chi connectivity index (χ1n) is 6.33. The van der Waals surface area contributed by atoms with E-state index in [1.807, 2.05) is 31.2 Å². The number of hydrogen-bond acceptors (Lipinski definition) is 4. The number of carbonyl (C=O) groups excluding carboxylic acids is 1. The van der Waals surface area contributed by atoms with E-state index in [0.717, 1.165) is 11.1 Å². The van der Waals surface area contributed by atoms with Crippen molar-refractivity contribution in [2.45, 2.75) is 18.4 Å². The number of sulfonamides is 1. The Labute approximate surface area is 137 Å². The summed E-state index contributed by atoms with van der Waals surface area (Å²) in [6, 6.07) is 11.5. The van der Waals surface area contributed by atoms with Crippen LogP contribution in [0.3, 0.4) is 0 Å². The highest BCUT2D eigenvalue weighted by molar-refractivity contribution is 9.10. The lowest BCUT2D eigenvalue weighted by Crippen LogP contribution is -2.14. The Kier molecular flexibility index (Phi) is 5.00. The van der Waals surface area contributed by atoms with Crippen molar-refractivity contribution >= 4 is 31.9 Å². The third-order valence-corrected chi connectivity index (χ3v) is 4.71. The molecule has 2 N–H and O–H groups in total. The van der Waals surface area contributed by atoms with Gasteiger partial charge in [0.1, 0.15) is 6.61 Å². The zero-order valence-electron chi connectivity index (χ0n) is 11.7. The number of esters is 1. The van der Waals surface area contributed by atoms with Gasteiger partial charge in [-0.15, -0.1) is 0 Å². The monoisotopic (exact) mass is 383 g/mol. The van der Waals surface area contributed by atoms with Crippen molar-refractivity contribution < 1.29 is 17.9 Å². The third-order valence-electron chi connectivity index (χ3n) is 3.11. The molecule has 0 radical (unpaired) electrons. The minimum atomic E-state index is -3.88. The molecule has 116 valence electrons. The summed E-state index contributed by atoms with van der Waals surface area (Å²) in [5.41, 5.74) is 2.00. The Bertz CT molecular complexity index is 818. The molecular formula is C15H14BrNO4S. The summed E-state index contributed by atoms with van der Waals surface area (Å²) in [6.45, 7) is 2.03. The number of hydrogen-bond donors (Lipinski definition) is 1. The van der Waals surface area contributed by atoms with E-state index in [4.69, 9.17) is 9.88 Å². The Morgan fingerprint density at radius 3 is 2.55 bits per heavy atom. The maximum Gasteiger partial charge on any atom is 0.339 e. The van der Waals surface area contributed by atoms with Gasteiger partial charge < -0.3 is 4.74 Å². The van der Waals surface area contributed by atoms with E-state index >= 15 is 0 Å². The predicted octanol–water partition coefficient (Wildman–Crippen LogP) is 2.76. The summed E-state index contributed by atoms with van der Waals surface area (Å²) in [7, 11) is -3.88. The molecule has 0 atom stereocenters. The highest BCUT2D eigenvalue weighted by Crippen LogP contribution is 2.22. The second kappa shape index (κ2) is 6.60. The van der Waals surface area contributed by atoms with Gasteiger partial charge in [0.05, 0.1) is 10.5 Å². The van der Waals surface area contributed by atoms with Gasteiger partial charge in [0.2, 0.25) is 10.0 Å². The van der Waals surface area contributed by atoms with E-state index in [0.29, 0.717) is 4.47 Å². The van der Waals surface area contributed by atoms with Gasteiger partial charge in [-0.05, 0) is 52.2 Å². The number of aryl methyl sites for hydroxylation is 1. The lowest BCUT2D eigenvalue weighted by atomic mass is 10.1. The molecule has 0 amide bonds. The van der Waals surface area contributed by atoms with Crippen molar-refractivity contribution in [3.63, 3.8) is 0 Å². The maximum atomic E-state index is 12.1. The van der Waals surface area contributed by atoms with Gasteiger partial charge in [-0.1, -0.05) is 24.3 Å². The van der Waals surface area contributed by atoms with E-state index in [9.17, 15) is 13.2 Å². The second-order valence-electron chi connectivity index (χ2n) is 4.69. The Hall–Kier alpha value is -1.70. The highest BCUT2D eigenvalue weighted by Gasteiger charge is 2.17. The first-order chi connectivity index (χ1) is 10.3. The normalized spacial score (nSPS) is 11.2. The van der Waals surface area contributed by atoms with Crippen LogP contribution >= 0.6 is 15.9 Å². The molecule has 0 aliphatic carbocycles. The van der Waals surface area contributed by atoms with E-state index in [2.05, 4.69) is 15.9 Å². The van der Waals surface area contributed by atoms with Crippen molar-refractivity contribution in [1.29, 1.82) is 0 Å². The van der Waals surface area contributed by atoms with Gasteiger partial charge in [-0.3, -0.25) is 0 Å². The molecule has 0 unspecified atom stereocenters. The number of nitrogens with two attached hydrogens (primary N) is 1. The number of benzene rings is 2. The Morgan fingerprint density at radius 2 is 1.91 bits per heavy atom. The second-order valence-corrected chi connectivity index (χ2v) is 7.11. The van der Waals surface area contributed by atoms with Crippen molar-refractivity contribution in [2.24, 2.45) is 5.14 Å². The molecule has 0 spiro atoms. The summed E-state index contributed by atoms with van der Waals surface area (Å²) in [5, 5.41) is 5.07. The molecule has 2 aromatic rings. The molecule has 7 heteroatoms. The van der Waals surface area contributed by atoms with Gasteiger partial charge in [0.25, 0.3) is 0 Å². The SMILES string of the molecule is Cc1ccccc1COC(=O)c1cc(S(N)(=O)=O)ccc1Br. The average Bonchev–Trinajstić information content (AvgIpc) is 2.45. The number of halogens is 1. The predicted molar refractivity (Wildman–Crippen MR) is 85.8 cm³/mol. The molecular weight excluding hydrogens is 370 g/mol. The van der Waals surface area contributed by atoms with E-state index in [1.165, 1.54) is 18.2 Å².